The van der Waals surface area contributed by atoms with Crippen LogP contribution in [0.1, 0.15) is 57.6 Å². The summed E-state index contributed by atoms with van der Waals surface area (Å²) >= 11 is 0. The third-order valence-corrected chi connectivity index (χ3v) is 4.16. The number of aliphatic imine (C=N–C) groups is 1. The van der Waals surface area contributed by atoms with Crippen molar-refractivity contribution in [2.45, 2.75) is 59.4 Å². The Bertz CT molecular complexity index is 498. The molecule has 7 heteroatoms. The van der Waals surface area contributed by atoms with Crippen molar-refractivity contribution in [2.24, 2.45) is 18.0 Å². The quantitative estimate of drug-likeness (QED) is 0.343. The number of methoxy groups -OCH3 is 1. The van der Waals surface area contributed by atoms with Crippen LogP contribution in [-0.4, -0.2) is 47.5 Å². The van der Waals surface area contributed by atoms with Gasteiger partial charge in [-0.25, -0.2) is 4.99 Å². The van der Waals surface area contributed by atoms with Gasteiger partial charge in [0.2, 0.25) is 0 Å². The second-order valence-electron chi connectivity index (χ2n) is 6.83. The van der Waals surface area contributed by atoms with E-state index < -0.39 is 0 Å². The first-order valence-electron chi connectivity index (χ1n) is 9.40. The van der Waals surface area contributed by atoms with Gasteiger partial charge in [0.1, 0.15) is 12.4 Å². The van der Waals surface area contributed by atoms with Crippen molar-refractivity contribution in [2.75, 3.05) is 26.8 Å². The van der Waals surface area contributed by atoms with Crippen LogP contribution >= 0.6 is 0 Å². The number of rotatable bonds is 12. The summed E-state index contributed by atoms with van der Waals surface area (Å²) in [5.74, 6) is 3.37. The monoisotopic (exact) mass is 352 g/mol. The highest BCUT2D eigenvalue weighted by atomic mass is 16.5. The second kappa shape index (κ2) is 12.7. The molecule has 0 bridgehead atoms. The lowest BCUT2D eigenvalue weighted by Crippen LogP contribution is -2.39. The van der Waals surface area contributed by atoms with Gasteiger partial charge in [0, 0.05) is 27.2 Å². The van der Waals surface area contributed by atoms with Gasteiger partial charge in [0.15, 0.2) is 11.8 Å². The van der Waals surface area contributed by atoms with E-state index in [-0.39, 0.29) is 0 Å². The SMILES string of the molecule is COCCNC(=NCc1nnc(C)n1C)NCCCCCCC(C)C. The lowest BCUT2D eigenvalue weighted by molar-refractivity contribution is 0.203. The number of aryl methyl sites for hydroxylation is 1. The zero-order valence-electron chi connectivity index (χ0n) is 16.6. The molecule has 0 aromatic carbocycles. The van der Waals surface area contributed by atoms with E-state index in [1.54, 1.807) is 7.11 Å². The molecule has 0 spiro atoms. The van der Waals surface area contributed by atoms with Gasteiger partial charge in [-0.05, 0) is 19.3 Å². The summed E-state index contributed by atoms with van der Waals surface area (Å²) in [6, 6.07) is 0. The summed E-state index contributed by atoms with van der Waals surface area (Å²) in [6.07, 6.45) is 6.38. The first-order chi connectivity index (χ1) is 12.0. The molecule has 0 aliphatic carbocycles. The molecule has 0 saturated heterocycles. The predicted octanol–water partition coefficient (Wildman–Crippen LogP) is 2.41. The maximum absolute atomic E-state index is 5.09. The summed E-state index contributed by atoms with van der Waals surface area (Å²) in [5, 5.41) is 14.9. The van der Waals surface area contributed by atoms with Gasteiger partial charge >= 0.3 is 0 Å². The van der Waals surface area contributed by atoms with E-state index in [1.807, 2.05) is 18.5 Å². The van der Waals surface area contributed by atoms with E-state index in [2.05, 4.69) is 39.7 Å². The largest absolute Gasteiger partial charge is 0.383 e. The number of ether oxygens (including phenoxy) is 1. The Hall–Kier alpha value is -1.63. The van der Waals surface area contributed by atoms with Crippen molar-refractivity contribution >= 4 is 5.96 Å². The van der Waals surface area contributed by atoms with Crippen LogP contribution in [0.15, 0.2) is 4.99 Å². The second-order valence-corrected chi connectivity index (χ2v) is 6.83. The van der Waals surface area contributed by atoms with E-state index in [9.17, 15) is 0 Å². The minimum absolute atomic E-state index is 0.508. The minimum Gasteiger partial charge on any atom is -0.383 e. The number of nitrogens with zero attached hydrogens (tertiary/aromatic N) is 4. The topological polar surface area (TPSA) is 76.4 Å². The fourth-order valence-electron chi connectivity index (χ4n) is 2.42. The average molecular weight is 353 g/mol. The predicted molar refractivity (Wildman–Crippen MR) is 103 cm³/mol. The third-order valence-electron chi connectivity index (χ3n) is 4.16. The Kier molecular flexibility index (Phi) is 10.9. The molecule has 1 rings (SSSR count). The fraction of sp³-hybridized carbons (Fsp3) is 0.833. The summed E-state index contributed by atoms with van der Waals surface area (Å²) in [6.45, 7) is 9.33. The summed E-state index contributed by atoms with van der Waals surface area (Å²) in [5.41, 5.74) is 0. The lowest BCUT2D eigenvalue weighted by atomic mass is 10.0. The van der Waals surface area contributed by atoms with E-state index in [0.29, 0.717) is 13.2 Å². The number of unbranched alkanes of at least 4 members (excludes halogenated alkanes) is 3. The molecule has 1 aromatic heterocycles. The maximum atomic E-state index is 5.09. The smallest absolute Gasteiger partial charge is 0.191 e. The lowest BCUT2D eigenvalue weighted by Gasteiger charge is -2.12. The average Bonchev–Trinajstić information content (AvgIpc) is 2.90. The van der Waals surface area contributed by atoms with E-state index in [1.165, 1.54) is 25.7 Å². The standard InChI is InChI=1S/C18H36N6O/c1-15(2)10-8-6-7-9-11-19-18(20-12-13-25-5)21-14-17-23-22-16(3)24(17)4/h15H,6-14H2,1-5H3,(H2,19,20,21). The molecule has 2 N–H and O–H groups in total. The van der Waals surface area contributed by atoms with Crippen molar-refractivity contribution in [3.05, 3.63) is 11.6 Å². The van der Waals surface area contributed by atoms with Crippen LogP contribution in [0.3, 0.4) is 0 Å². The molecule has 0 saturated carbocycles. The Morgan fingerprint density at radius 1 is 1.12 bits per heavy atom. The molecule has 0 fully saturated rings. The first kappa shape index (κ1) is 21.4. The van der Waals surface area contributed by atoms with Crippen molar-refractivity contribution in [3.63, 3.8) is 0 Å². The van der Waals surface area contributed by atoms with E-state index in [4.69, 9.17) is 4.74 Å². The molecule has 0 amide bonds. The molecule has 144 valence electrons. The molecule has 0 unspecified atom stereocenters. The highest BCUT2D eigenvalue weighted by Crippen LogP contribution is 2.08. The first-order valence-corrected chi connectivity index (χ1v) is 9.40. The maximum Gasteiger partial charge on any atom is 0.191 e. The van der Waals surface area contributed by atoms with Gasteiger partial charge in [-0.1, -0.05) is 39.5 Å². The van der Waals surface area contributed by atoms with Crippen LogP contribution in [0.5, 0.6) is 0 Å². The van der Waals surface area contributed by atoms with Gasteiger partial charge < -0.3 is 19.9 Å². The van der Waals surface area contributed by atoms with Crippen LogP contribution in [-0.2, 0) is 18.3 Å². The Morgan fingerprint density at radius 3 is 2.48 bits per heavy atom. The number of hydrogen-bond acceptors (Lipinski definition) is 4. The van der Waals surface area contributed by atoms with Crippen molar-refractivity contribution in [3.8, 4) is 0 Å². The summed E-state index contributed by atoms with van der Waals surface area (Å²) < 4.78 is 7.06. The number of aromatic nitrogens is 3. The number of hydrogen-bond donors (Lipinski definition) is 2. The van der Waals surface area contributed by atoms with Gasteiger partial charge in [0.25, 0.3) is 0 Å². The molecule has 0 radical (unpaired) electrons. The highest BCUT2D eigenvalue weighted by molar-refractivity contribution is 5.79. The Morgan fingerprint density at radius 2 is 1.84 bits per heavy atom. The molecule has 1 aromatic rings. The van der Waals surface area contributed by atoms with Crippen molar-refractivity contribution in [1.29, 1.82) is 0 Å². The zero-order chi connectivity index (χ0) is 18.5. The van der Waals surface area contributed by atoms with Crippen LogP contribution < -0.4 is 10.6 Å². The molecule has 0 atom stereocenters. The third kappa shape index (κ3) is 9.43. The van der Waals surface area contributed by atoms with Crippen LogP contribution in [0, 0.1) is 12.8 Å². The van der Waals surface area contributed by atoms with Crippen LogP contribution in [0.25, 0.3) is 0 Å². The van der Waals surface area contributed by atoms with Crippen LogP contribution in [0.2, 0.25) is 0 Å². The molecular weight excluding hydrogens is 316 g/mol. The Balaban J connectivity index is 2.36. The molecule has 25 heavy (non-hydrogen) atoms. The molecule has 1 heterocycles. The number of guanidine groups is 1. The van der Waals surface area contributed by atoms with Crippen molar-refractivity contribution in [1.82, 2.24) is 25.4 Å². The summed E-state index contributed by atoms with van der Waals surface area (Å²) in [7, 11) is 3.66. The van der Waals surface area contributed by atoms with Gasteiger partial charge in [-0.2, -0.15) is 0 Å². The molecule has 0 aliphatic heterocycles. The van der Waals surface area contributed by atoms with Gasteiger partial charge in [-0.3, -0.25) is 0 Å². The zero-order valence-corrected chi connectivity index (χ0v) is 16.6. The molecule has 7 nitrogen and oxygen atoms in total. The van der Waals surface area contributed by atoms with Gasteiger partial charge in [0.05, 0.1) is 6.61 Å². The summed E-state index contributed by atoms with van der Waals surface area (Å²) in [4.78, 5) is 4.61. The molecule has 0 aliphatic rings. The fourth-order valence-corrected chi connectivity index (χ4v) is 2.42. The van der Waals surface area contributed by atoms with Crippen LogP contribution in [0.4, 0.5) is 0 Å². The van der Waals surface area contributed by atoms with Gasteiger partial charge in [-0.15, -0.1) is 10.2 Å². The normalized spacial score (nSPS) is 12.0. The Labute approximate surface area is 152 Å². The molecular formula is C18H36N6O. The minimum atomic E-state index is 0.508. The van der Waals surface area contributed by atoms with E-state index in [0.717, 1.165) is 43.0 Å². The highest BCUT2D eigenvalue weighted by Gasteiger charge is 2.05. The van der Waals surface area contributed by atoms with Crippen molar-refractivity contribution < 1.29 is 4.74 Å². The van der Waals surface area contributed by atoms with E-state index >= 15 is 0 Å². The number of nitrogens with one attached hydrogen (secondary N) is 2.